The van der Waals surface area contributed by atoms with Crippen LogP contribution in [0.2, 0.25) is 0 Å². The molecule has 3 aromatic heterocycles. The summed E-state index contributed by atoms with van der Waals surface area (Å²) in [7, 11) is 0. The van der Waals surface area contributed by atoms with Crippen LogP contribution < -0.4 is 10.2 Å². The van der Waals surface area contributed by atoms with E-state index in [2.05, 4.69) is 43.7 Å². The molecule has 0 spiro atoms. The van der Waals surface area contributed by atoms with E-state index < -0.39 is 17.7 Å². The average molecular weight is 460 g/mol. The number of aliphatic hydroxyl groups excluding tert-OH is 1. The van der Waals surface area contributed by atoms with Crippen molar-refractivity contribution < 1.29 is 19.4 Å². The first-order chi connectivity index (χ1) is 15.6. The lowest BCUT2D eigenvalue weighted by Crippen LogP contribution is -2.55. The molecule has 0 saturated carbocycles. The number of carboxylic acid groups (broad SMARTS) is 1. The van der Waals surface area contributed by atoms with Gasteiger partial charge in [0.1, 0.15) is 29.1 Å². The Hall–Kier alpha value is -3.34. The molecule has 0 aliphatic carbocycles. The third-order valence-electron chi connectivity index (χ3n) is 5.59. The summed E-state index contributed by atoms with van der Waals surface area (Å²) in [6.45, 7) is 10.2. The van der Waals surface area contributed by atoms with Crippen molar-refractivity contribution in [3.63, 3.8) is 0 Å². The first-order valence-corrected chi connectivity index (χ1v) is 10.7. The molecule has 1 saturated heterocycles. The van der Waals surface area contributed by atoms with Crippen LogP contribution in [0.5, 0.6) is 0 Å². The largest absolute Gasteiger partial charge is 0.483 e. The minimum Gasteiger partial charge on any atom is -0.483 e. The molecule has 1 aliphatic heterocycles. The summed E-state index contributed by atoms with van der Waals surface area (Å²) in [6, 6.07) is 3.98. The van der Waals surface area contributed by atoms with Crippen LogP contribution in [-0.2, 0) is 4.79 Å². The van der Waals surface area contributed by atoms with E-state index in [4.69, 9.17) is 9.90 Å². The third kappa shape index (κ3) is 5.19. The van der Waals surface area contributed by atoms with Crippen LogP contribution in [0, 0.1) is 12.3 Å². The van der Waals surface area contributed by atoms with E-state index in [1.807, 2.05) is 26.8 Å². The van der Waals surface area contributed by atoms with Crippen molar-refractivity contribution in [2.45, 2.75) is 52.9 Å². The highest BCUT2D eigenvalue weighted by molar-refractivity contribution is 5.79. The van der Waals surface area contributed by atoms with Gasteiger partial charge in [-0.3, -0.25) is 4.79 Å². The second-order valence-electron chi connectivity index (χ2n) is 8.98. The van der Waals surface area contributed by atoms with Crippen LogP contribution in [-0.4, -0.2) is 66.6 Å². The number of halogens is 1. The number of rotatable bonds is 4. The minimum absolute atomic E-state index is 0.0606. The highest BCUT2D eigenvalue weighted by Gasteiger charge is 2.42. The van der Waals surface area contributed by atoms with Gasteiger partial charge in [-0.15, -0.1) is 0 Å². The van der Waals surface area contributed by atoms with Gasteiger partial charge in [-0.05, 0) is 26.8 Å². The van der Waals surface area contributed by atoms with Gasteiger partial charge in [0, 0.05) is 30.3 Å². The predicted octanol–water partition coefficient (Wildman–Crippen LogP) is 3.10. The zero-order valence-electron chi connectivity index (χ0n) is 19.4. The average Bonchev–Trinajstić information content (AvgIpc) is 3.07. The van der Waals surface area contributed by atoms with Crippen LogP contribution in [0.15, 0.2) is 24.5 Å². The van der Waals surface area contributed by atoms with Gasteiger partial charge < -0.3 is 25.0 Å². The van der Waals surface area contributed by atoms with Gasteiger partial charge in [0.25, 0.3) is 6.47 Å². The summed E-state index contributed by atoms with van der Waals surface area (Å²) in [6.07, 6.45) is 1.03. The number of aromatic nitrogens is 5. The Balaban J connectivity index is 0.000000968. The quantitative estimate of drug-likeness (QED) is 0.504. The Morgan fingerprint density at radius 2 is 1.97 bits per heavy atom. The summed E-state index contributed by atoms with van der Waals surface area (Å²) in [5.41, 5.74) is 1.25. The lowest BCUT2D eigenvalue weighted by atomic mass is 9.80. The molecule has 0 unspecified atom stereocenters. The second kappa shape index (κ2) is 9.65. The molecule has 2 atom stereocenters. The molecule has 1 aliphatic rings. The molecule has 3 aromatic rings. The van der Waals surface area contributed by atoms with Crippen LogP contribution in [0.3, 0.4) is 0 Å². The molecule has 4 rings (SSSR count). The molecule has 4 heterocycles. The number of anilines is 3. The van der Waals surface area contributed by atoms with Gasteiger partial charge in [-0.1, -0.05) is 13.8 Å². The fourth-order valence-corrected chi connectivity index (χ4v) is 4.14. The number of nitrogens with one attached hydrogen (secondary N) is 1. The Bertz CT molecular complexity index is 1120. The van der Waals surface area contributed by atoms with Crippen molar-refractivity contribution >= 4 is 35.1 Å². The predicted molar refractivity (Wildman–Crippen MR) is 124 cm³/mol. The number of imidazole rings is 1. The fourth-order valence-electron chi connectivity index (χ4n) is 4.14. The van der Waals surface area contributed by atoms with E-state index in [0.717, 1.165) is 16.9 Å². The fraction of sp³-hybridized carbons (Fsp3) is 0.500. The van der Waals surface area contributed by atoms with Crippen molar-refractivity contribution in [2.75, 3.05) is 23.3 Å². The monoisotopic (exact) mass is 459 g/mol. The van der Waals surface area contributed by atoms with Crippen molar-refractivity contribution in [3.05, 3.63) is 30.4 Å². The smallest absolute Gasteiger partial charge is 0.290 e. The summed E-state index contributed by atoms with van der Waals surface area (Å²) < 4.78 is 16.5. The number of hydrogen-bond acceptors (Lipinski definition) is 8. The topological polar surface area (TPSA) is 129 Å². The molecular formula is C22H30FN7O3. The van der Waals surface area contributed by atoms with E-state index in [1.165, 1.54) is 0 Å². The minimum atomic E-state index is -1.35. The Kier molecular flexibility index (Phi) is 7.11. The standard InChI is InChI=1S/C21H28FN7O.CH2O2/c1-12(2)29-13(3)25-15-9-24-18(8-16(15)29)26-17-6-7-23-20(27-17)28-10-14(22)19(30)21(4,5)11-28;2-1-3/h6-9,12,14,19,30H,10-11H2,1-5H3,(H,23,24,26,27);1H,(H,2,3)/t14-,19-;/m1./s1. The number of aryl methyl sites for hydroxylation is 1. The summed E-state index contributed by atoms with van der Waals surface area (Å²) >= 11 is 0. The van der Waals surface area contributed by atoms with E-state index in [-0.39, 0.29) is 19.1 Å². The maximum atomic E-state index is 14.3. The van der Waals surface area contributed by atoms with Gasteiger partial charge in [0.2, 0.25) is 5.95 Å². The van der Waals surface area contributed by atoms with Gasteiger partial charge in [0.15, 0.2) is 0 Å². The summed E-state index contributed by atoms with van der Waals surface area (Å²) in [5, 5.41) is 20.2. The molecule has 0 aromatic carbocycles. The summed E-state index contributed by atoms with van der Waals surface area (Å²) in [4.78, 5) is 28.0. The Morgan fingerprint density at radius 3 is 2.61 bits per heavy atom. The van der Waals surface area contributed by atoms with Crippen molar-refractivity contribution in [1.29, 1.82) is 0 Å². The van der Waals surface area contributed by atoms with E-state index >= 15 is 0 Å². The number of alkyl halides is 1. The highest BCUT2D eigenvalue weighted by atomic mass is 19.1. The first-order valence-electron chi connectivity index (χ1n) is 10.7. The van der Waals surface area contributed by atoms with Gasteiger partial charge in [0.05, 0.1) is 24.4 Å². The molecule has 3 N–H and O–H groups in total. The van der Waals surface area contributed by atoms with Crippen molar-refractivity contribution in [3.8, 4) is 0 Å². The number of pyridine rings is 1. The molecule has 0 bridgehead atoms. The van der Waals surface area contributed by atoms with Gasteiger partial charge >= 0.3 is 0 Å². The van der Waals surface area contributed by atoms with Gasteiger partial charge in [-0.25, -0.2) is 19.3 Å². The first kappa shape index (κ1) is 24.3. The van der Waals surface area contributed by atoms with Crippen LogP contribution in [0.25, 0.3) is 11.0 Å². The zero-order valence-corrected chi connectivity index (χ0v) is 19.4. The summed E-state index contributed by atoms with van der Waals surface area (Å²) in [5.74, 6) is 2.58. The van der Waals surface area contributed by atoms with Crippen molar-refractivity contribution in [1.82, 2.24) is 24.5 Å². The van der Waals surface area contributed by atoms with E-state index in [9.17, 15) is 9.50 Å². The van der Waals surface area contributed by atoms with E-state index in [0.29, 0.717) is 24.1 Å². The zero-order chi connectivity index (χ0) is 24.3. The number of hydrogen-bond donors (Lipinski definition) is 3. The van der Waals surface area contributed by atoms with Gasteiger partial charge in [-0.2, -0.15) is 4.98 Å². The third-order valence-corrected chi connectivity index (χ3v) is 5.59. The number of fused-ring (bicyclic) bond motifs is 1. The normalized spacial score (nSPS) is 19.8. The SMILES string of the molecule is Cc1nc2cnc(Nc3ccnc(N4C[C@@H](F)[C@@H](O)C(C)(C)C4)n3)cc2n1C(C)C.O=CO. The van der Waals surface area contributed by atoms with Crippen LogP contribution >= 0.6 is 0 Å². The maximum absolute atomic E-state index is 14.3. The van der Waals surface area contributed by atoms with Crippen molar-refractivity contribution in [2.24, 2.45) is 5.41 Å². The number of carbonyl (C=O) groups is 1. The Labute approximate surface area is 191 Å². The molecule has 1 fully saturated rings. The molecule has 11 heteroatoms. The maximum Gasteiger partial charge on any atom is 0.290 e. The molecule has 10 nitrogen and oxygen atoms in total. The van der Waals surface area contributed by atoms with Crippen LogP contribution in [0.1, 0.15) is 39.6 Å². The molecular weight excluding hydrogens is 429 g/mol. The number of aliphatic hydroxyl groups is 1. The molecule has 0 radical (unpaired) electrons. The number of nitrogens with zero attached hydrogens (tertiary/aromatic N) is 6. The number of piperidine rings is 1. The van der Waals surface area contributed by atoms with E-state index in [1.54, 1.807) is 23.4 Å². The molecule has 178 valence electrons. The lowest BCUT2D eigenvalue weighted by molar-refractivity contribution is -0.122. The highest BCUT2D eigenvalue weighted by Crippen LogP contribution is 2.33. The molecule has 0 amide bonds. The Morgan fingerprint density at radius 1 is 1.27 bits per heavy atom. The molecule has 33 heavy (non-hydrogen) atoms. The second-order valence-corrected chi connectivity index (χ2v) is 8.98. The van der Waals surface area contributed by atoms with Crippen LogP contribution in [0.4, 0.5) is 22.0 Å². The lowest BCUT2D eigenvalue weighted by Gasteiger charge is -2.43.